The Labute approximate surface area is 194 Å². The van der Waals surface area contributed by atoms with Crippen molar-refractivity contribution in [2.45, 2.75) is 116 Å². The molecule has 3 saturated carbocycles. The van der Waals surface area contributed by atoms with E-state index in [1.54, 1.807) is 0 Å². The first-order valence-corrected chi connectivity index (χ1v) is 13.7. The second-order valence-corrected chi connectivity index (χ2v) is 11.0. The monoisotopic (exact) mass is 446 g/mol. The standard InChI is InChI=1S/C29H44F2O/c1-3-5-6-8-22-12-18-27(29(31)28(22)30)21-9-14-24(15-10-21)32-19-23-13-17-25-20(7-4-2)11-16-26(23)25/h12,18,20-21,23-26H,3-11,13-17,19H2,1-2H3. The number of halogens is 2. The number of benzene rings is 1. The third-order valence-corrected chi connectivity index (χ3v) is 9.06. The molecule has 4 atom stereocenters. The SMILES string of the molecule is CCCCCc1ccc(C2CCC(OCC3CCC4C(CCC)CCC34)CC2)c(F)c1F. The molecule has 3 aliphatic carbocycles. The van der Waals surface area contributed by atoms with E-state index < -0.39 is 11.6 Å². The van der Waals surface area contributed by atoms with Crippen LogP contribution < -0.4 is 0 Å². The van der Waals surface area contributed by atoms with Gasteiger partial charge >= 0.3 is 0 Å². The smallest absolute Gasteiger partial charge is 0.162 e. The molecule has 0 amide bonds. The van der Waals surface area contributed by atoms with Gasteiger partial charge in [-0.3, -0.25) is 0 Å². The predicted octanol–water partition coefficient (Wildman–Crippen LogP) is 8.59. The van der Waals surface area contributed by atoms with Gasteiger partial charge in [-0.15, -0.1) is 0 Å². The first-order valence-electron chi connectivity index (χ1n) is 13.7. The molecule has 1 nitrogen and oxygen atoms in total. The minimum atomic E-state index is -0.606. The topological polar surface area (TPSA) is 9.23 Å². The second-order valence-electron chi connectivity index (χ2n) is 11.0. The fourth-order valence-electron chi connectivity index (χ4n) is 7.25. The van der Waals surface area contributed by atoms with Crippen LogP contribution in [0.3, 0.4) is 0 Å². The Kier molecular flexibility index (Phi) is 8.65. The molecule has 0 saturated heterocycles. The van der Waals surface area contributed by atoms with E-state index in [1.165, 1.54) is 38.5 Å². The number of hydrogen-bond acceptors (Lipinski definition) is 1. The van der Waals surface area contributed by atoms with Crippen molar-refractivity contribution >= 4 is 0 Å². The summed E-state index contributed by atoms with van der Waals surface area (Å²) in [6.45, 7) is 5.37. The molecule has 4 unspecified atom stereocenters. The highest BCUT2D eigenvalue weighted by Crippen LogP contribution is 2.52. The lowest BCUT2D eigenvalue weighted by Crippen LogP contribution is -2.25. The van der Waals surface area contributed by atoms with Gasteiger partial charge < -0.3 is 4.74 Å². The molecule has 0 bridgehead atoms. The lowest BCUT2D eigenvalue weighted by atomic mass is 9.82. The van der Waals surface area contributed by atoms with Gasteiger partial charge in [-0.25, -0.2) is 8.78 Å². The molecule has 3 fully saturated rings. The van der Waals surface area contributed by atoms with Gasteiger partial charge in [0, 0.05) is 0 Å². The Hall–Kier alpha value is -0.960. The average Bonchev–Trinajstić information content (AvgIpc) is 3.39. The molecule has 0 aliphatic heterocycles. The van der Waals surface area contributed by atoms with E-state index in [1.807, 2.05) is 12.1 Å². The Balaban J connectivity index is 1.24. The van der Waals surface area contributed by atoms with Gasteiger partial charge in [0.25, 0.3) is 0 Å². The molecule has 1 aromatic rings. The summed E-state index contributed by atoms with van der Waals surface area (Å²) in [6.07, 6.45) is 16.1. The summed E-state index contributed by atoms with van der Waals surface area (Å²) in [5.41, 5.74) is 1.13. The largest absolute Gasteiger partial charge is 0.378 e. The third kappa shape index (κ3) is 5.40. The summed E-state index contributed by atoms with van der Waals surface area (Å²) < 4.78 is 35.8. The van der Waals surface area contributed by atoms with Crippen molar-refractivity contribution < 1.29 is 13.5 Å². The van der Waals surface area contributed by atoms with Gasteiger partial charge in [0.1, 0.15) is 0 Å². The van der Waals surface area contributed by atoms with Crippen molar-refractivity contribution in [1.29, 1.82) is 0 Å². The third-order valence-electron chi connectivity index (χ3n) is 9.06. The van der Waals surface area contributed by atoms with Crippen LogP contribution in [-0.4, -0.2) is 12.7 Å². The van der Waals surface area contributed by atoms with Crippen molar-refractivity contribution in [3.8, 4) is 0 Å². The Bertz CT molecular complexity index is 724. The molecule has 0 heterocycles. The number of ether oxygens (including phenoxy) is 1. The van der Waals surface area contributed by atoms with Crippen LogP contribution in [0, 0.1) is 35.3 Å². The number of aryl methyl sites for hydroxylation is 1. The molecule has 32 heavy (non-hydrogen) atoms. The van der Waals surface area contributed by atoms with Crippen LogP contribution in [0.5, 0.6) is 0 Å². The van der Waals surface area contributed by atoms with Crippen molar-refractivity contribution in [3.63, 3.8) is 0 Å². The predicted molar refractivity (Wildman–Crippen MR) is 128 cm³/mol. The van der Waals surface area contributed by atoms with Crippen LogP contribution in [0.2, 0.25) is 0 Å². The Morgan fingerprint density at radius 2 is 1.50 bits per heavy atom. The van der Waals surface area contributed by atoms with Crippen LogP contribution in [-0.2, 0) is 11.2 Å². The van der Waals surface area contributed by atoms with Gasteiger partial charge in [-0.2, -0.15) is 0 Å². The van der Waals surface area contributed by atoms with Gasteiger partial charge in [0.2, 0.25) is 0 Å². The normalized spacial score (nSPS) is 32.4. The zero-order valence-electron chi connectivity index (χ0n) is 20.4. The maximum atomic E-state index is 14.8. The maximum Gasteiger partial charge on any atom is 0.162 e. The summed E-state index contributed by atoms with van der Waals surface area (Å²) in [6, 6.07) is 3.69. The van der Waals surface area contributed by atoms with Gasteiger partial charge in [0.05, 0.1) is 12.7 Å². The van der Waals surface area contributed by atoms with Crippen molar-refractivity contribution in [1.82, 2.24) is 0 Å². The molecule has 3 heteroatoms. The summed E-state index contributed by atoms with van der Waals surface area (Å²) in [5.74, 6) is 2.52. The molecule has 180 valence electrons. The van der Waals surface area contributed by atoms with E-state index in [0.717, 1.165) is 75.2 Å². The number of fused-ring (bicyclic) bond motifs is 1. The lowest BCUT2D eigenvalue weighted by molar-refractivity contribution is -0.00339. The molecule has 4 rings (SSSR count). The zero-order valence-corrected chi connectivity index (χ0v) is 20.4. The van der Waals surface area contributed by atoms with E-state index in [4.69, 9.17) is 4.74 Å². The molecule has 3 aliphatic rings. The number of hydrogen-bond donors (Lipinski definition) is 0. The van der Waals surface area contributed by atoms with E-state index >= 15 is 0 Å². The summed E-state index contributed by atoms with van der Waals surface area (Å²) >= 11 is 0. The lowest BCUT2D eigenvalue weighted by Gasteiger charge is -2.30. The molecule has 1 aromatic carbocycles. The Morgan fingerprint density at radius 1 is 0.781 bits per heavy atom. The van der Waals surface area contributed by atoms with Gasteiger partial charge in [0.15, 0.2) is 11.6 Å². The minimum Gasteiger partial charge on any atom is -0.378 e. The summed E-state index contributed by atoms with van der Waals surface area (Å²) in [4.78, 5) is 0. The van der Waals surface area contributed by atoms with Crippen molar-refractivity contribution in [2.75, 3.05) is 6.61 Å². The van der Waals surface area contributed by atoms with E-state index in [0.29, 0.717) is 23.7 Å². The number of unbranched alkanes of at least 4 members (excludes halogenated alkanes) is 2. The van der Waals surface area contributed by atoms with Crippen molar-refractivity contribution in [3.05, 3.63) is 34.9 Å². The molecule has 0 spiro atoms. The zero-order chi connectivity index (χ0) is 22.5. The first-order chi connectivity index (χ1) is 15.6. The Morgan fingerprint density at radius 3 is 2.22 bits per heavy atom. The fourth-order valence-corrected chi connectivity index (χ4v) is 7.25. The molecule has 0 N–H and O–H groups in total. The van der Waals surface area contributed by atoms with Crippen LogP contribution in [0.4, 0.5) is 8.78 Å². The highest BCUT2D eigenvalue weighted by molar-refractivity contribution is 5.29. The maximum absolute atomic E-state index is 14.8. The molecular weight excluding hydrogens is 402 g/mol. The minimum absolute atomic E-state index is 0.134. The first kappa shape index (κ1) is 24.2. The highest BCUT2D eigenvalue weighted by atomic mass is 19.2. The van der Waals surface area contributed by atoms with E-state index in [2.05, 4.69) is 13.8 Å². The van der Waals surface area contributed by atoms with Crippen LogP contribution in [0.15, 0.2) is 12.1 Å². The highest BCUT2D eigenvalue weighted by Gasteiger charge is 2.44. The van der Waals surface area contributed by atoms with E-state index in [9.17, 15) is 8.78 Å². The quantitative estimate of drug-likeness (QED) is 0.327. The summed E-state index contributed by atoms with van der Waals surface area (Å²) in [5, 5.41) is 0. The van der Waals surface area contributed by atoms with E-state index in [-0.39, 0.29) is 5.92 Å². The van der Waals surface area contributed by atoms with Crippen LogP contribution in [0.25, 0.3) is 0 Å². The second kappa shape index (κ2) is 11.4. The van der Waals surface area contributed by atoms with Crippen LogP contribution in [0.1, 0.15) is 114 Å². The summed E-state index contributed by atoms with van der Waals surface area (Å²) in [7, 11) is 0. The van der Waals surface area contributed by atoms with Gasteiger partial charge in [-0.1, -0.05) is 51.7 Å². The fraction of sp³-hybridized carbons (Fsp3) is 0.793. The van der Waals surface area contributed by atoms with Gasteiger partial charge in [-0.05, 0) is 105 Å². The van der Waals surface area contributed by atoms with Crippen molar-refractivity contribution in [2.24, 2.45) is 23.7 Å². The van der Waals surface area contributed by atoms with Crippen LogP contribution >= 0.6 is 0 Å². The molecular formula is C29H44F2O. The molecule has 0 radical (unpaired) electrons. The number of rotatable bonds is 10. The average molecular weight is 447 g/mol. The molecule has 0 aromatic heterocycles.